The monoisotopic (exact) mass is 516 g/mol. The molecule has 0 aliphatic carbocycles. The minimum atomic E-state index is -0.943. The van der Waals surface area contributed by atoms with Crippen molar-refractivity contribution in [2.75, 3.05) is 6.54 Å². The van der Waals surface area contributed by atoms with Crippen LogP contribution in [0.4, 0.5) is 0 Å². The maximum absolute atomic E-state index is 12.2. The number of unbranched alkanes of at least 4 members (excludes halogenated alkanes) is 4. The molecule has 1 heterocycles. The normalized spacial score (nSPS) is 11.6. The lowest BCUT2D eigenvalue weighted by Gasteiger charge is -2.20. The third kappa shape index (κ3) is 9.33. The summed E-state index contributed by atoms with van der Waals surface area (Å²) in [6, 6.07) is 19.8. The van der Waals surface area contributed by atoms with Gasteiger partial charge in [0.25, 0.3) is 5.91 Å². The largest absolute Gasteiger partial charge is 0.486 e. The highest BCUT2D eigenvalue weighted by molar-refractivity contribution is 5.94. The van der Waals surface area contributed by atoms with E-state index in [2.05, 4.69) is 55.6 Å². The molecule has 0 bridgehead atoms. The summed E-state index contributed by atoms with van der Waals surface area (Å²) in [4.78, 5) is 27.6. The van der Waals surface area contributed by atoms with Crippen molar-refractivity contribution < 1.29 is 19.4 Å². The van der Waals surface area contributed by atoms with Crippen molar-refractivity contribution in [3.05, 3.63) is 83.6 Å². The van der Waals surface area contributed by atoms with Crippen LogP contribution in [0.25, 0.3) is 11.3 Å². The number of hydrogen-bond donors (Lipinski definition) is 2. The highest BCUT2D eigenvalue weighted by Crippen LogP contribution is 2.28. The first kappa shape index (κ1) is 28.9. The summed E-state index contributed by atoms with van der Waals surface area (Å²) < 4.78 is 6.35. The van der Waals surface area contributed by atoms with Crippen LogP contribution in [0, 0.1) is 0 Å². The number of benzene rings is 2. The number of hydrogen-bond acceptors (Lipinski definition) is 4. The number of carbonyl (C=O) groups is 2. The number of rotatable bonds is 16. The van der Waals surface area contributed by atoms with Crippen molar-refractivity contribution in [3.8, 4) is 17.0 Å². The van der Waals surface area contributed by atoms with Gasteiger partial charge in [-0.1, -0.05) is 69.9 Å². The van der Waals surface area contributed by atoms with Crippen molar-refractivity contribution in [2.24, 2.45) is 0 Å². The molecule has 1 amide bonds. The summed E-state index contributed by atoms with van der Waals surface area (Å²) in [6.07, 6.45) is 10.7. The molecule has 0 fully saturated rings. The van der Waals surface area contributed by atoms with Gasteiger partial charge in [0.05, 0.1) is 12.1 Å². The molecule has 0 aliphatic rings. The minimum absolute atomic E-state index is 0.0953. The Bertz CT molecular complexity index is 1130. The van der Waals surface area contributed by atoms with E-state index in [1.54, 1.807) is 24.3 Å². The maximum Gasteiger partial charge on any atom is 0.305 e. The molecule has 3 aromatic rings. The van der Waals surface area contributed by atoms with E-state index in [-0.39, 0.29) is 25.0 Å². The number of aliphatic carboxylic acids is 1. The number of amides is 1. The summed E-state index contributed by atoms with van der Waals surface area (Å²) in [7, 11) is 0. The highest BCUT2D eigenvalue weighted by Gasteiger charge is 2.15. The van der Waals surface area contributed by atoms with Crippen molar-refractivity contribution in [1.82, 2.24) is 10.3 Å². The molecule has 6 nitrogen and oxygen atoms in total. The zero-order valence-electron chi connectivity index (χ0n) is 22.6. The van der Waals surface area contributed by atoms with Crippen LogP contribution in [0.5, 0.6) is 5.75 Å². The molecule has 2 N–H and O–H groups in total. The van der Waals surface area contributed by atoms with E-state index >= 15 is 0 Å². The van der Waals surface area contributed by atoms with Crippen LogP contribution in [0.15, 0.2) is 66.9 Å². The SMILES string of the molecule is CCCCCc1ccc(-c2ccc(C(CCCCC)Oc3ccc(C(=O)NCCC(=O)O)cc3)cn2)cc1. The number of carboxylic acid groups (broad SMARTS) is 1. The van der Waals surface area contributed by atoms with Crippen molar-refractivity contribution in [2.45, 2.75) is 77.7 Å². The van der Waals surface area contributed by atoms with E-state index in [4.69, 9.17) is 14.8 Å². The third-order valence-corrected chi connectivity index (χ3v) is 6.57. The topological polar surface area (TPSA) is 88.5 Å². The number of ether oxygens (including phenoxy) is 1. The predicted molar refractivity (Wildman–Crippen MR) is 151 cm³/mol. The first-order chi connectivity index (χ1) is 18.5. The van der Waals surface area contributed by atoms with Crippen LogP contribution >= 0.6 is 0 Å². The molecule has 0 spiro atoms. The second kappa shape index (κ2) is 15.6. The quantitative estimate of drug-likeness (QED) is 0.194. The molecule has 3 rings (SSSR count). The Labute approximate surface area is 226 Å². The van der Waals surface area contributed by atoms with Crippen molar-refractivity contribution >= 4 is 11.9 Å². The van der Waals surface area contributed by atoms with Crippen molar-refractivity contribution in [1.29, 1.82) is 0 Å². The summed E-state index contributed by atoms with van der Waals surface area (Å²) in [5.41, 5.74) is 4.91. The lowest BCUT2D eigenvalue weighted by atomic mass is 10.0. The van der Waals surface area contributed by atoms with Gasteiger partial charge in [-0.2, -0.15) is 0 Å². The molecule has 38 heavy (non-hydrogen) atoms. The van der Waals surface area contributed by atoms with E-state index in [0.717, 1.165) is 48.9 Å². The van der Waals surface area contributed by atoms with Gasteiger partial charge in [-0.3, -0.25) is 14.6 Å². The summed E-state index contributed by atoms with van der Waals surface area (Å²) in [6.45, 7) is 4.50. The zero-order valence-corrected chi connectivity index (χ0v) is 22.6. The molecule has 1 unspecified atom stereocenters. The molecule has 0 aliphatic heterocycles. The third-order valence-electron chi connectivity index (χ3n) is 6.57. The molecule has 0 saturated heterocycles. The number of aryl methyl sites for hydroxylation is 1. The van der Waals surface area contributed by atoms with Crippen LogP contribution in [0.2, 0.25) is 0 Å². The van der Waals surface area contributed by atoms with Gasteiger partial charge in [0, 0.05) is 29.4 Å². The molecule has 2 aromatic carbocycles. The van der Waals surface area contributed by atoms with E-state index in [0.29, 0.717) is 11.3 Å². The van der Waals surface area contributed by atoms with Gasteiger partial charge in [0.2, 0.25) is 0 Å². The van der Waals surface area contributed by atoms with Gasteiger partial charge in [0.1, 0.15) is 11.9 Å². The number of carboxylic acids is 1. The number of carbonyl (C=O) groups excluding carboxylic acids is 1. The molecular weight excluding hydrogens is 476 g/mol. The van der Waals surface area contributed by atoms with Gasteiger partial charge in [0.15, 0.2) is 0 Å². The van der Waals surface area contributed by atoms with Gasteiger partial charge < -0.3 is 15.2 Å². The Balaban J connectivity index is 1.66. The average Bonchev–Trinajstić information content (AvgIpc) is 2.93. The molecule has 202 valence electrons. The van der Waals surface area contributed by atoms with E-state index in [9.17, 15) is 9.59 Å². The minimum Gasteiger partial charge on any atom is -0.486 e. The van der Waals surface area contributed by atoms with Crippen LogP contribution in [0.3, 0.4) is 0 Å². The first-order valence-corrected chi connectivity index (χ1v) is 13.8. The maximum atomic E-state index is 12.2. The van der Waals surface area contributed by atoms with Gasteiger partial charge >= 0.3 is 5.97 Å². The highest BCUT2D eigenvalue weighted by atomic mass is 16.5. The summed E-state index contributed by atoms with van der Waals surface area (Å²) in [5, 5.41) is 11.3. The second-order valence-corrected chi connectivity index (χ2v) is 9.66. The zero-order chi connectivity index (χ0) is 27.2. The molecule has 1 atom stereocenters. The first-order valence-electron chi connectivity index (χ1n) is 13.8. The molecule has 1 aromatic heterocycles. The fourth-order valence-electron chi connectivity index (χ4n) is 4.30. The Kier molecular flexibility index (Phi) is 11.8. The molecule has 0 saturated carbocycles. The average molecular weight is 517 g/mol. The summed E-state index contributed by atoms with van der Waals surface area (Å²) in [5.74, 6) is -0.566. The second-order valence-electron chi connectivity index (χ2n) is 9.66. The number of nitrogens with zero attached hydrogens (tertiary/aromatic N) is 1. The van der Waals surface area contributed by atoms with Crippen LogP contribution in [-0.4, -0.2) is 28.5 Å². The smallest absolute Gasteiger partial charge is 0.305 e. The standard InChI is InChI=1S/C32H40N2O4/c1-3-5-7-9-24-11-13-25(14-12-24)29-20-17-27(23-34-29)30(10-8-6-4-2)38-28-18-15-26(16-19-28)32(37)33-22-21-31(35)36/h11-20,23,30H,3-10,21-22H2,1-2H3,(H,33,37)(H,35,36). The van der Waals surface area contributed by atoms with E-state index in [1.807, 2.05) is 6.20 Å². The molecule has 0 radical (unpaired) electrons. The molecular formula is C32H40N2O4. The van der Waals surface area contributed by atoms with Gasteiger partial charge in [-0.15, -0.1) is 0 Å². The Morgan fingerprint density at radius 1 is 0.895 bits per heavy atom. The van der Waals surface area contributed by atoms with Crippen LogP contribution in [0.1, 0.15) is 92.8 Å². The fourth-order valence-corrected chi connectivity index (χ4v) is 4.30. The Morgan fingerprint density at radius 2 is 1.61 bits per heavy atom. The lowest BCUT2D eigenvalue weighted by Crippen LogP contribution is -2.25. The number of pyridine rings is 1. The van der Waals surface area contributed by atoms with Crippen LogP contribution < -0.4 is 10.1 Å². The number of nitrogens with one attached hydrogen (secondary N) is 1. The fraction of sp³-hybridized carbons (Fsp3) is 0.406. The Morgan fingerprint density at radius 3 is 2.24 bits per heavy atom. The van der Waals surface area contributed by atoms with Gasteiger partial charge in [-0.05, 0) is 61.6 Å². The van der Waals surface area contributed by atoms with Crippen LogP contribution in [-0.2, 0) is 11.2 Å². The molecule has 6 heteroatoms. The van der Waals surface area contributed by atoms with Gasteiger partial charge in [-0.25, -0.2) is 0 Å². The lowest BCUT2D eigenvalue weighted by molar-refractivity contribution is -0.136. The predicted octanol–water partition coefficient (Wildman–Crippen LogP) is 7.39. The number of aromatic nitrogens is 1. The van der Waals surface area contributed by atoms with E-state index in [1.165, 1.54) is 24.8 Å². The Hall–Kier alpha value is -3.67. The van der Waals surface area contributed by atoms with Crippen molar-refractivity contribution in [3.63, 3.8) is 0 Å². The summed E-state index contributed by atoms with van der Waals surface area (Å²) >= 11 is 0. The van der Waals surface area contributed by atoms with E-state index < -0.39 is 5.97 Å².